The van der Waals surface area contributed by atoms with Crippen LogP contribution in [0, 0.1) is 17.8 Å². The first-order valence-corrected chi connectivity index (χ1v) is 7.81. The first kappa shape index (κ1) is 12.5. The van der Waals surface area contributed by atoms with Crippen molar-refractivity contribution in [2.45, 2.75) is 44.9 Å². The minimum Gasteiger partial charge on any atom is -0.343 e. The average Bonchev–Trinajstić information content (AvgIpc) is 2.98. The summed E-state index contributed by atoms with van der Waals surface area (Å²) in [7, 11) is 0. The molecule has 0 aromatic rings. The highest BCUT2D eigenvalue weighted by atomic mass is 16.2. The van der Waals surface area contributed by atoms with E-state index >= 15 is 0 Å². The lowest BCUT2D eigenvalue weighted by atomic mass is 9.92. The second-order valence-corrected chi connectivity index (χ2v) is 6.49. The molecular formula is C15H26N2O. The fourth-order valence-corrected chi connectivity index (χ4v) is 4.06. The van der Waals surface area contributed by atoms with Crippen molar-refractivity contribution in [3.05, 3.63) is 0 Å². The third-order valence-electron chi connectivity index (χ3n) is 5.31. The van der Waals surface area contributed by atoms with E-state index in [1.807, 2.05) is 0 Å². The molecule has 1 saturated carbocycles. The van der Waals surface area contributed by atoms with Crippen LogP contribution in [-0.2, 0) is 4.79 Å². The van der Waals surface area contributed by atoms with Crippen LogP contribution in [-0.4, -0.2) is 37.0 Å². The lowest BCUT2D eigenvalue weighted by molar-refractivity contribution is -0.132. The largest absolute Gasteiger partial charge is 0.343 e. The van der Waals surface area contributed by atoms with Crippen molar-refractivity contribution < 1.29 is 4.79 Å². The summed E-state index contributed by atoms with van der Waals surface area (Å²) in [5, 5.41) is 3.49. The Hall–Kier alpha value is -0.570. The van der Waals surface area contributed by atoms with Gasteiger partial charge in [0.1, 0.15) is 0 Å². The fourth-order valence-electron chi connectivity index (χ4n) is 4.06. The van der Waals surface area contributed by atoms with Crippen molar-refractivity contribution >= 4 is 5.91 Å². The number of carbonyl (C=O) groups excluding carboxylic acids is 1. The van der Waals surface area contributed by atoms with Gasteiger partial charge in [-0.05, 0) is 56.5 Å². The zero-order chi connectivity index (χ0) is 12.4. The van der Waals surface area contributed by atoms with Crippen molar-refractivity contribution in [3.8, 4) is 0 Å². The Labute approximate surface area is 110 Å². The van der Waals surface area contributed by atoms with Crippen LogP contribution in [0.5, 0.6) is 0 Å². The summed E-state index contributed by atoms with van der Waals surface area (Å²) in [6.07, 6.45) is 8.51. The van der Waals surface area contributed by atoms with Crippen LogP contribution in [0.4, 0.5) is 0 Å². The molecule has 3 fully saturated rings. The molecule has 102 valence electrons. The van der Waals surface area contributed by atoms with Crippen LogP contribution in [0.25, 0.3) is 0 Å². The van der Waals surface area contributed by atoms with Gasteiger partial charge in [-0.2, -0.15) is 0 Å². The number of nitrogens with one attached hydrogen (secondary N) is 1. The van der Waals surface area contributed by atoms with Gasteiger partial charge in [0.25, 0.3) is 0 Å². The number of hydrogen-bond donors (Lipinski definition) is 1. The topological polar surface area (TPSA) is 32.3 Å². The highest BCUT2D eigenvalue weighted by molar-refractivity contribution is 5.76. The Bertz CT molecular complexity index is 285. The molecule has 3 nitrogen and oxygen atoms in total. The molecule has 0 spiro atoms. The third kappa shape index (κ3) is 2.71. The molecule has 3 rings (SSSR count). The van der Waals surface area contributed by atoms with Crippen LogP contribution >= 0.6 is 0 Å². The molecule has 2 heterocycles. The Morgan fingerprint density at radius 3 is 2.22 bits per heavy atom. The van der Waals surface area contributed by atoms with Crippen molar-refractivity contribution in [3.63, 3.8) is 0 Å². The first-order chi connectivity index (χ1) is 8.83. The van der Waals surface area contributed by atoms with E-state index in [2.05, 4.69) is 10.2 Å². The Morgan fingerprint density at radius 1 is 1.00 bits per heavy atom. The Morgan fingerprint density at radius 2 is 1.61 bits per heavy atom. The summed E-state index contributed by atoms with van der Waals surface area (Å²) < 4.78 is 0. The van der Waals surface area contributed by atoms with Crippen LogP contribution < -0.4 is 5.32 Å². The van der Waals surface area contributed by atoms with Gasteiger partial charge < -0.3 is 10.2 Å². The normalized spacial score (nSPS) is 33.4. The SMILES string of the molecule is O=C(CC1CCCC1)N1CC[C@@H]2CNC[C@@H]2CC1. The average molecular weight is 250 g/mol. The fraction of sp³-hybridized carbons (Fsp3) is 0.933. The third-order valence-corrected chi connectivity index (χ3v) is 5.31. The second-order valence-electron chi connectivity index (χ2n) is 6.49. The lowest BCUT2D eigenvalue weighted by Gasteiger charge is -2.22. The molecule has 0 aromatic heterocycles. The smallest absolute Gasteiger partial charge is 0.222 e. The van der Waals surface area contributed by atoms with E-state index in [1.165, 1.54) is 51.6 Å². The van der Waals surface area contributed by atoms with Crippen LogP contribution in [0.15, 0.2) is 0 Å². The van der Waals surface area contributed by atoms with Crippen molar-refractivity contribution in [1.82, 2.24) is 10.2 Å². The summed E-state index contributed by atoms with van der Waals surface area (Å²) in [6, 6.07) is 0. The minimum atomic E-state index is 0.440. The molecule has 2 aliphatic heterocycles. The van der Waals surface area contributed by atoms with Crippen molar-refractivity contribution in [2.75, 3.05) is 26.2 Å². The summed E-state index contributed by atoms with van der Waals surface area (Å²) in [6.45, 7) is 4.37. The number of nitrogens with zero attached hydrogens (tertiary/aromatic N) is 1. The molecule has 0 unspecified atom stereocenters. The molecule has 0 aromatic carbocycles. The molecule has 1 aliphatic carbocycles. The molecule has 3 aliphatic rings. The van der Waals surface area contributed by atoms with E-state index in [0.29, 0.717) is 11.8 Å². The molecular weight excluding hydrogens is 224 g/mol. The maximum absolute atomic E-state index is 12.3. The van der Waals surface area contributed by atoms with Gasteiger partial charge in [0.15, 0.2) is 0 Å². The van der Waals surface area contributed by atoms with Crippen LogP contribution in [0.3, 0.4) is 0 Å². The molecule has 0 bridgehead atoms. The van der Waals surface area contributed by atoms with Gasteiger partial charge in [-0.3, -0.25) is 4.79 Å². The van der Waals surface area contributed by atoms with E-state index in [1.54, 1.807) is 0 Å². The predicted octanol–water partition coefficient (Wildman–Crippen LogP) is 2.02. The number of amides is 1. The Balaban J connectivity index is 1.51. The molecule has 18 heavy (non-hydrogen) atoms. The van der Waals surface area contributed by atoms with Gasteiger partial charge in [0.2, 0.25) is 5.91 Å². The molecule has 1 N–H and O–H groups in total. The van der Waals surface area contributed by atoms with Crippen molar-refractivity contribution in [2.24, 2.45) is 17.8 Å². The maximum atomic E-state index is 12.3. The van der Waals surface area contributed by atoms with E-state index in [-0.39, 0.29) is 0 Å². The molecule has 0 radical (unpaired) electrons. The number of likely N-dealkylation sites (tertiary alicyclic amines) is 1. The number of fused-ring (bicyclic) bond motifs is 1. The highest BCUT2D eigenvalue weighted by Gasteiger charge is 2.32. The summed E-state index contributed by atoms with van der Waals surface area (Å²) in [5.74, 6) is 2.79. The van der Waals surface area contributed by atoms with Gasteiger partial charge in [0.05, 0.1) is 0 Å². The highest BCUT2D eigenvalue weighted by Crippen LogP contribution is 2.30. The minimum absolute atomic E-state index is 0.440. The standard InChI is InChI=1S/C15H26N2O/c18-15(9-12-3-1-2-4-12)17-7-5-13-10-16-11-14(13)6-8-17/h12-14,16H,1-11H2/t13-,14+. The second kappa shape index (κ2) is 5.60. The Kier molecular flexibility index (Phi) is 3.88. The van der Waals surface area contributed by atoms with Crippen molar-refractivity contribution in [1.29, 1.82) is 0 Å². The number of hydrogen-bond acceptors (Lipinski definition) is 2. The van der Waals surface area contributed by atoms with Gasteiger partial charge in [-0.25, -0.2) is 0 Å². The summed E-state index contributed by atoms with van der Waals surface area (Å²) >= 11 is 0. The van der Waals surface area contributed by atoms with E-state index < -0.39 is 0 Å². The molecule has 2 atom stereocenters. The quantitative estimate of drug-likeness (QED) is 0.813. The van der Waals surface area contributed by atoms with E-state index in [9.17, 15) is 4.79 Å². The van der Waals surface area contributed by atoms with Gasteiger partial charge in [-0.15, -0.1) is 0 Å². The van der Waals surface area contributed by atoms with E-state index in [0.717, 1.165) is 31.3 Å². The van der Waals surface area contributed by atoms with E-state index in [4.69, 9.17) is 0 Å². The molecule has 2 saturated heterocycles. The zero-order valence-electron chi connectivity index (χ0n) is 11.4. The first-order valence-electron chi connectivity index (χ1n) is 7.81. The van der Waals surface area contributed by atoms with Gasteiger partial charge in [-0.1, -0.05) is 12.8 Å². The van der Waals surface area contributed by atoms with Crippen LogP contribution in [0.2, 0.25) is 0 Å². The maximum Gasteiger partial charge on any atom is 0.222 e. The van der Waals surface area contributed by atoms with Gasteiger partial charge >= 0.3 is 0 Å². The van der Waals surface area contributed by atoms with Gasteiger partial charge in [0, 0.05) is 19.5 Å². The van der Waals surface area contributed by atoms with Crippen LogP contribution in [0.1, 0.15) is 44.9 Å². The number of carbonyl (C=O) groups is 1. The predicted molar refractivity (Wildman–Crippen MR) is 72.2 cm³/mol. The zero-order valence-corrected chi connectivity index (χ0v) is 11.4. The monoisotopic (exact) mass is 250 g/mol. The summed E-state index contributed by atoms with van der Waals surface area (Å²) in [5.41, 5.74) is 0. The lowest BCUT2D eigenvalue weighted by Crippen LogP contribution is -2.33. The molecule has 1 amide bonds. The molecule has 3 heteroatoms. The number of rotatable bonds is 2. The summed E-state index contributed by atoms with van der Waals surface area (Å²) in [4.78, 5) is 14.5.